The van der Waals surface area contributed by atoms with E-state index in [0.717, 1.165) is 19.1 Å². The third-order valence-electron chi connectivity index (χ3n) is 1.63. The molecule has 0 fully saturated rings. The molecule has 0 saturated heterocycles. The molecule has 1 radical (unpaired) electrons. The number of carbonyl (C=O) groups excluding carboxylic acids is 2. The van der Waals surface area contributed by atoms with Crippen LogP contribution in [0.5, 0.6) is 0 Å². The van der Waals surface area contributed by atoms with Gasteiger partial charge in [0.05, 0.1) is 6.04 Å². The molecule has 0 heterocycles. The van der Waals surface area contributed by atoms with Crippen LogP contribution in [0.25, 0.3) is 0 Å². The van der Waals surface area contributed by atoms with Gasteiger partial charge in [-0.05, 0) is 27.2 Å². The summed E-state index contributed by atoms with van der Waals surface area (Å²) in [5, 5.41) is 2.50. The maximum Gasteiger partial charge on any atom is 0.408 e. The fourth-order valence-electron chi connectivity index (χ4n) is 0.997. The Bertz CT molecular complexity index is 208. The Balaban J connectivity index is 3.96. The summed E-state index contributed by atoms with van der Waals surface area (Å²) >= 11 is 0. The molecular formula is C11H20NO3. The Kier molecular flexibility index (Phi) is 5.97. The number of alkyl carbamates (subject to hydrolysis) is 1. The highest BCUT2D eigenvalue weighted by atomic mass is 16.6. The van der Waals surface area contributed by atoms with Gasteiger partial charge in [-0.2, -0.15) is 0 Å². The number of carbonyl (C=O) groups is 2. The molecular weight excluding hydrogens is 194 g/mol. The molecule has 0 aliphatic carbocycles. The lowest BCUT2D eigenvalue weighted by Crippen LogP contribution is -2.39. The van der Waals surface area contributed by atoms with E-state index in [1.807, 2.05) is 0 Å². The topological polar surface area (TPSA) is 55.4 Å². The predicted octanol–water partition coefficient (Wildman–Crippen LogP) is 2.08. The highest BCUT2D eigenvalue weighted by Gasteiger charge is 2.18. The molecule has 0 spiro atoms. The van der Waals surface area contributed by atoms with Gasteiger partial charge in [0, 0.05) is 0 Å². The molecule has 0 aromatic carbocycles. The second kappa shape index (κ2) is 6.43. The van der Waals surface area contributed by atoms with E-state index in [2.05, 4.69) is 12.2 Å². The van der Waals surface area contributed by atoms with Crippen molar-refractivity contribution in [1.82, 2.24) is 5.32 Å². The zero-order valence-corrected chi connectivity index (χ0v) is 9.71. The van der Waals surface area contributed by atoms with Crippen molar-refractivity contribution in [3.8, 4) is 0 Å². The van der Waals surface area contributed by atoms with E-state index in [0.29, 0.717) is 6.42 Å². The molecule has 0 aromatic heterocycles. The third kappa shape index (κ3) is 7.97. The van der Waals surface area contributed by atoms with Gasteiger partial charge in [0.25, 0.3) is 0 Å². The lowest BCUT2D eigenvalue weighted by Gasteiger charge is -2.21. The van der Waals surface area contributed by atoms with Crippen molar-refractivity contribution in [3.05, 3.63) is 6.92 Å². The van der Waals surface area contributed by atoms with E-state index < -0.39 is 17.7 Å². The van der Waals surface area contributed by atoms with Crippen molar-refractivity contribution in [2.45, 2.75) is 51.7 Å². The van der Waals surface area contributed by atoms with E-state index in [9.17, 15) is 9.59 Å². The van der Waals surface area contributed by atoms with Crippen LogP contribution in [0.3, 0.4) is 0 Å². The van der Waals surface area contributed by atoms with Gasteiger partial charge in [0.15, 0.2) is 0 Å². The van der Waals surface area contributed by atoms with E-state index >= 15 is 0 Å². The van der Waals surface area contributed by atoms with Crippen molar-refractivity contribution in [2.24, 2.45) is 0 Å². The van der Waals surface area contributed by atoms with Crippen molar-refractivity contribution in [1.29, 1.82) is 0 Å². The SMILES string of the molecule is [CH2]CCCC(C=O)NC(=O)OC(C)(C)C. The third-order valence-corrected chi connectivity index (χ3v) is 1.63. The molecule has 87 valence electrons. The Morgan fingerprint density at radius 1 is 1.53 bits per heavy atom. The van der Waals surface area contributed by atoms with Crippen LogP contribution in [0.2, 0.25) is 0 Å². The van der Waals surface area contributed by atoms with Crippen LogP contribution in [0.4, 0.5) is 4.79 Å². The summed E-state index contributed by atoms with van der Waals surface area (Å²) in [5.41, 5.74) is -0.538. The lowest BCUT2D eigenvalue weighted by atomic mass is 10.1. The van der Waals surface area contributed by atoms with Gasteiger partial charge in [-0.3, -0.25) is 0 Å². The molecule has 4 nitrogen and oxygen atoms in total. The van der Waals surface area contributed by atoms with Crippen LogP contribution >= 0.6 is 0 Å². The molecule has 15 heavy (non-hydrogen) atoms. The zero-order valence-electron chi connectivity index (χ0n) is 9.71. The summed E-state index contributed by atoms with van der Waals surface area (Å²) in [6, 6.07) is -0.471. The lowest BCUT2D eigenvalue weighted by molar-refractivity contribution is -0.109. The van der Waals surface area contributed by atoms with Crippen molar-refractivity contribution in [3.63, 3.8) is 0 Å². The normalized spacial score (nSPS) is 13.1. The second-order valence-corrected chi connectivity index (χ2v) is 4.38. The highest BCUT2D eigenvalue weighted by molar-refractivity contribution is 5.73. The minimum atomic E-state index is -0.552. The van der Waals surface area contributed by atoms with Gasteiger partial charge in [-0.1, -0.05) is 19.8 Å². The predicted molar refractivity (Wildman–Crippen MR) is 58.4 cm³/mol. The monoisotopic (exact) mass is 214 g/mol. The van der Waals surface area contributed by atoms with Crippen molar-refractivity contribution in [2.75, 3.05) is 0 Å². The zero-order chi connectivity index (χ0) is 11.9. The van der Waals surface area contributed by atoms with Crippen molar-refractivity contribution < 1.29 is 14.3 Å². The Labute approximate surface area is 91.4 Å². The smallest absolute Gasteiger partial charge is 0.408 e. The standard InChI is InChI=1S/C11H20NO3/c1-5-6-7-9(8-13)12-10(14)15-11(2,3)4/h8-9H,1,5-7H2,2-4H3,(H,12,14). The number of hydrogen-bond donors (Lipinski definition) is 1. The molecule has 0 saturated carbocycles. The van der Waals surface area contributed by atoms with Crippen LogP contribution < -0.4 is 5.32 Å². The number of ether oxygens (including phenoxy) is 1. The van der Waals surface area contributed by atoms with Gasteiger partial charge in [-0.25, -0.2) is 4.79 Å². The largest absolute Gasteiger partial charge is 0.444 e. The van der Waals surface area contributed by atoms with Gasteiger partial charge >= 0.3 is 6.09 Å². The fraction of sp³-hybridized carbons (Fsp3) is 0.727. The molecule has 1 amide bonds. The van der Waals surface area contributed by atoms with Crippen LogP contribution in [0.1, 0.15) is 40.0 Å². The minimum absolute atomic E-state index is 0.471. The molecule has 1 N–H and O–H groups in total. The Hall–Kier alpha value is -1.06. The summed E-state index contributed by atoms with van der Waals surface area (Å²) in [4.78, 5) is 21.9. The summed E-state index contributed by atoms with van der Waals surface area (Å²) < 4.78 is 5.03. The van der Waals surface area contributed by atoms with E-state index in [1.54, 1.807) is 20.8 Å². The van der Waals surface area contributed by atoms with Gasteiger partial charge in [0.1, 0.15) is 11.9 Å². The number of amides is 1. The van der Waals surface area contributed by atoms with E-state index in [-0.39, 0.29) is 0 Å². The first kappa shape index (κ1) is 13.9. The Morgan fingerprint density at radius 2 is 2.13 bits per heavy atom. The van der Waals surface area contributed by atoms with E-state index in [4.69, 9.17) is 4.74 Å². The summed E-state index contributed by atoms with van der Waals surface area (Å²) in [6.07, 6.45) is 2.33. The van der Waals surface area contributed by atoms with Crippen LogP contribution in [-0.2, 0) is 9.53 Å². The van der Waals surface area contributed by atoms with Gasteiger partial charge in [0.2, 0.25) is 0 Å². The van der Waals surface area contributed by atoms with Crippen molar-refractivity contribution >= 4 is 12.4 Å². The molecule has 0 rings (SSSR count). The van der Waals surface area contributed by atoms with E-state index in [1.165, 1.54) is 0 Å². The average molecular weight is 214 g/mol. The number of rotatable bonds is 5. The quantitative estimate of drug-likeness (QED) is 0.713. The highest BCUT2D eigenvalue weighted by Crippen LogP contribution is 2.07. The maximum absolute atomic E-state index is 11.3. The first-order valence-electron chi connectivity index (χ1n) is 5.13. The van der Waals surface area contributed by atoms with Crippen LogP contribution in [0, 0.1) is 6.92 Å². The molecule has 4 heteroatoms. The summed E-state index contributed by atoms with van der Waals surface area (Å²) in [6.45, 7) is 9.00. The molecule has 0 bridgehead atoms. The fourth-order valence-corrected chi connectivity index (χ4v) is 0.997. The number of aldehydes is 1. The van der Waals surface area contributed by atoms with Crippen LogP contribution in [-0.4, -0.2) is 24.0 Å². The molecule has 0 aliphatic heterocycles. The summed E-state index contributed by atoms with van der Waals surface area (Å²) in [7, 11) is 0. The second-order valence-electron chi connectivity index (χ2n) is 4.38. The molecule has 1 atom stereocenters. The minimum Gasteiger partial charge on any atom is -0.444 e. The van der Waals surface area contributed by atoms with Gasteiger partial charge in [-0.15, -0.1) is 0 Å². The van der Waals surface area contributed by atoms with Crippen LogP contribution in [0.15, 0.2) is 0 Å². The maximum atomic E-state index is 11.3. The Morgan fingerprint density at radius 3 is 2.53 bits per heavy atom. The average Bonchev–Trinajstić information content (AvgIpc) is 2.09. The molecule has 0 aliphatic rings. The molecule has 1 unspecified atom stereocenters. The number of nitrogens with one attached hydrogen (secondary N) is 1. The molecule has 0 aromatic rings. The van der Waals surface area contributed by atoms with Gasteiger partial charge < -0.3 is 14.8 Å². The number of unbranched alkanes of at least 4 members (excludes halogenated alkanes) is 1. The number of hydrogen-bond acceptors (Lipinski definition) is 3. The summed E-state index contributed by atoms with van der Waals surface area (Å²) in [5.74, 6) is 0. The first-order valence-corrected chi connectivity index (χ1v) is 5.13. The first-order chi connectivity index (χ1) is 6.89.